The maximum Gasteiger partial charge on any atom is 0.257 e. The van der Waals surface area contributed by atoms with Gasteiger partial charge in [-0.1, -0.05) is 11.6 Å². The van der Waals surface area contributed by atoms with E-state index < -0.39 is 0 Å². The summed E-state index contributed by atoms with van der Waals surface area (Å²) >= 11 is 5.95. The quantitative estimate of drug-likeness (QED) is 0.933. The topological polar surface area (TPSA) is 64.1 Å². The van der Waals surface area contributed by atoms with Gasteiger partial charge in [0.05, 0.1) is 22.5 Å². The maximum absolute atomic E-state index is 12.1. The average Bonchev–Trinajstić information content (AvgIpc) is 3.02. The molecule has 1 N–H and O–H groups in total. The minimum atomic E-state index is -0.293. The molecule has 0 radical (unpaired) electrons. The molecule has 0 saturated heterocycles. The van der Waals surface area contributed by atoms with Crippen molar-refractivity contribution in [3.8, 4) is 5.88 Å². The number of amides is 1. The molecule has 22 heavy (non-hydrogen) atoms. The van der Waals surface area contributed by atoms with Gasteiger partial charge in [-0.15, -0.1) is 0 Å². The van der Waals surface area contributed by atoms with Gasteiger partial charge in [-0.05, 0) is 37.8 Å². The SMILES string of the molecule is O=C(Nc1ccc(OC2CCCC2)nc1)c1ccncc1Cl. The van der Waals surface area contributed by atoms with E-state index >= 15 is 0 Å². The van der Waals surface area contributed by atoms with Crippen LogP contribution in [0.3, 0.4) is 0 Å². The van der Waals surface area contributed by atoms with Gasteiger partial charge in [0, 0.05) is 18.5 Å². The number of carbonyl (C=O) groups excluding carboxylic acids is 1. The fourth-order valence-electron chi connectivity index (χ4n) is 2.46. The number of nitrogens with zero attached hydrogens (tertiary/aromatic N) is 2. The molecule has 0 spiro atoms. The molecule has 1 amide bonds. The van der Waals surface area contributed by atoms with Gasteiger partial charge < -0.3 is 10.1 Å². The molecular weight excluding hydrogens is 302 g/mol. The monoisotopic (exact) mass is 317 g/mol. The summed E-state index contributed by atoms with van der Waals surface area (Å²) in [5.74, 6) is 0.297. The minimum absolute atomic E-state index is 0.267. The third kappa shape index (κ3) is 3.54. The predicted octanol–water partition coefficient (Wildman–Crippen LogP) is 3.70. The first-order valence-electron chi connectivity index (χ1n) is 7.26. The van der Waals surface area contributed by atoms with E-state index in [0.717, 1.165) is 12.8 Å². The van der Waals surface area contributed by atoms with E-state index in [1.165, 1.54) is 25.2 Å². The van der Waals surface area contributed by atoms with E-state index in [0.29, 0.717) is 22.2 Å². The Hall–Kier alpha value is -2.14. The minimum Gasteiger partial charge on any atom is -0.474 e. The van der Waals surface area contributed by atoms with E-state index in [4.69, 9.17) is 16.3 Å². The van der Waals surface area contributed by atoms with Crippen LogP contribution in [0.5, 0.6) is 5.88 Å². The lowest BCUT2D eigenvalue weighted by atomic mass is 10.2. The van der Waals surface area contributed by atoms with Crippen molar-refractivity contribution < 1.29 is 9.53 Å². The summed E-state index contributed by atoms with van der Waals surface area (Å²) in [6, 6.07) is 5.11. The summed E-state index contributed by atoms with van der Waals surface area (Å²) in [6.45, 7) is 0. The van der Waals surface area contributed by atoms with Crippen molar-refractivity contribution in [3.63, 3.8) is 0 Å². The molecule has 114 valence electrons. The van der Waals surface area contributed by atoms with E-state index in [1.54, 1.807) is 24.4 Å². The number of ether oxygens (including phenoxy) is 1. The molecule has 2 heterocycles. The van der Waals surface area contributed by atoms with E-state index in [1.807, 2.05) is 0 Å². The van der Waals surface area contributed by atoms with Gasteiger partial charge in [0.25, 0.3) is 5.91 Å². The summed E-state index contributed by atoms with van der Waals surface area (Å²) in [6.07, 6.45) is 9.41. The van der Waals surface area contributed by atoms with E-state index in [-0.39, 0.29) is 12.0 Å². The molecule has 3 rings (SSSR count). The van der Waals surface area contributed by atoms with Crippen LogP contribution in [0.15, 0.2) is 36.8 Å². The zero-order valence-electron chi connectivity index (χ0n) is 12.0. The van der Waals surface area contributed by atoms with Gasteiger partial charge in [-0.3, -0.25) is 9.78 Å². The molecule has 2 aromatic rings. The Morgan fingerprint density at radius 3 is 2.73 bits per heavy atom. The first-order valence-corrected chi connectivity index (χ1v) is 7.64. The summed E-state index contributed by atoms with van der Waals surface area (Å²) in [5, 5.41) is 3.06. The average molecular weight is 318 g/mol. The molecule has 1 saturated carbocycles. The van der Waals surface area contributed by atoms with Crippen molar-refractivity contribution in [3.05, 3.63) is 47.4 Å². The van der Waals surface area contributed by atoms with Crippen LogP contribution in [-0.2, 0) is 0 Å². The lowest BCUT2D eigenvalue weighted by Crippen LogP contribution is -2.14. The highest BCUT2D eigenvalue weighted by molar-refractivity contribution is 6.34. The highest BCUT2D eigenvalue weighted by Crippen LogP contribution is 2.23. The number of hydrogen-bond acceptors (Lipinski definition) is 4. The van der Waals surface area contributed by atoms with Crippen molar-refractivity contribution in [1.29, 1.82) is 0 Å². The maximum atomic E-state index is 12.1. The molecule has 1 aliphatic rings. The lowest BCUT2D eigenvalue weighted by Gasteiger charge is -2.12. The highest BCUT2D eigenvalue weighted by atomic mass is 35.5. The number of hydrogen-bond donors (Lipinski definition) is 1. The molecule has 0 aromatic carbocycles. The standard InChI is InChI=1S/C16H16ClN3O2/c17-14-10-18-8-7-13(14)16(21)20-11-5-6-15(19-9-11)22-12-3-1-2-4-12/h5-10,12H,1-4H2,(H,20,21). The van der Waals surface area contributed by atoms with Crippen molar-refractivity contribution in [1.82, 2.24) is 9.97 Å². The first-order chi connectivity index (χ1) is 10.7. The molecule has 0 aliphatic heterocycles. The van der Waals surface area contributed by atoms with Crippen molar-refractivity contribution in [2.75, 3.05) is 5.32 Å². The molecule has 0 atom stereocenters. The third-order valence-electron chi connectivity index (χ3n) is 3.60. The first kappa shape index (κ1) is 14.8. The van der Waals surface area contributed by atoms with Crippen LogP contribution in [0.25, 0.3) is 0 Å². The summed E-state index contributed by atoms with van der Waals surface area (Å²) < 4.78 is 5.79. The molecule has 0 unspecified atom stereocenters. The van der Waals surface area contributed by atoms with Crippen LogP contribution < -0.4 is 10.1 Å². The Kier molecular flexibility index (Phi) is 4.53. The number of aromatic nitrogens is 2. The lowest BCUT2D eigenvalue weighted by molar-refractivity contribution is 0.102. The van der Waals surface area contributed by atoms with Crippen LogP contribution in [0.4, 0.5) is 5.69 Å². The largest absolute Gasteiger partial charge is 0.474 e. The second kappa shape index (κ2) is 6.75. The Morgan fingerprint density at radius 1 is 1.23 bits per heavy atom. The van der Waals surface area contributed by atoms with Crippen molar-refractivity contribution in [2.45, 2.75) is 31.8 Å². The van der Waals surface area contributed by atoms with E-state index in [9.17, 15) is 4.79 Å². The normalized spacial score (nSPS) is 14.8. The highest BCUT2D eigenvalue weighted by Gasteiger charge is 2.17. The fraction of sp³-hybridized carbons (Fsp3) is 0.312. The molecule has 1 fully saturated rings. The van der Waals surface area contributed by atoms with Gasteiger partial charge in [0.2, 0.25) is 5.88 Å². The fourth-order valence-corrected chi connectivity index (χ4v) is 2.66. The predicted molar refractivity (Wildman–Crippen MR) is 84.3 cm³/mol. The zero-order valence-corrected chi connectivity index (χ0v) is 12.7. The number of rotatable bonds is 4. The Morgan fingerprint density at radius 2 is 2.05 bits per heavy atom. The number of pyridine rings is 2. The number of halogens is 1. The van der Waals surface area contributed by atoms with Gasteiger partial charge in [0.15, 0.2) is 0 Å². The van der Waals surface area contributed by atoms with Gasteiger partial charge in [-0.2, -0.15) is 0 Å². The number of carbonyl (C=O) groups is 1. The van der Waals surface area contributed by atoms with Crippen molar-refractivity contribution in [2.24, 2.45) is 0 Å². The molecule has 2 aromatic heterocycles. The number of nitrogens with one attached hydrogen (secondary N) is 1. The molecule has 1 aliphatic carbocycles. The summed E-state index contributed by atoms with van der Waals surface area (Å²) in [5.41, 5.74) is 0.972. The summed E-state index contributed by atoms with van der Waals surface area (Å²) in [4.78, 5) is 20.2. The number of anilines is 1. The molecular formula is C16H16ClN3O2. The van der Waals surface area contributed by atoms with Crippen LogP contribution >= 0.6 is 11.6 Å². The summed E-state index contributed by atoms with van der Waals surface area (Å²) in [7, 11) is 0. The molecule has 0 bridgehead atoms. The van der Waals surface area contributed by atoms with Crippen LogP contribution in [-0.4, -0.2) is 22.0 Å². The Balaban J connectivity index is 1.63. The van der Waals surface area contributed by atoms with Crippen LogP contribution in [0.1, 0.15) is 36.0 Å². The van der Waals surface area contributed by atoms with Crippen LogP contribution in [0, 0.1) is 0 Å². The zero-order chi connectivity index (χ0) is 15.4. The van der Waals surface area contributed by atoms with Gasteiger partial charge >= 0.3 is 0 Å². The second-order valence-corrected chi connectivity index (χ2v) is 5.63. The Bertz CT molecular complexity index is 655. The second-order valence-electron chi connectivity index (χ2n) is 5.22. The van der Waals surface area contributed by atoms with E-state index in [2.05, 4.69) is 15.3 Å². The smallest absolute Gasteiger partial charge is 0.257 e. The van der Waals surface area contributed by atoms with Crippen molar-refractivity contribution >= 4 is 23.2 Å². The molecule has 5 nitrogen and oxygen atoms in total. The third-order valence-corrected chi connectivity index (χ3v) is 3.90. The Labute approximate surface area is 133 Å². The molecule has 6 heteroatoms. The van der Waals surface area contributed by atoms with Gasteiger partial charge in [-0.25, -0.2) is 4.98 Å². The van der Waals surface area contributed by atoms with Gasteiger partial charge in [0.1, 0.15) is 6.10 Å². The van der Waals surface area contributed by atoms with Crippen LogP contribution in [0.2, 0.25) is 5.02 Å².